The normalized spacial score (nSPS) is 19.2. The van der Waals surface area contributed by atoms with Crippen LogP contribution in [-0.2, 0) is 15.1 Å². The van der Waals surface area contributed by atoms with E-state index >= 15 is 0 Å². The quantitative estimate of drug-likeness (QED) is 0.714. The van der Waals surface area contributed by atoms with Gasteiger partial charge in [0.25, 0.3) is 0 Å². The fourth-order valence-corrected chi connectivity index (χ4v) is 3.53. The van der Waals surface area contributed by atoms with Gasteiger partial charge in [0.1, 0.15) is 11.4 Å². The number of carbonyl (C=O) groups excluding carboxylic acids is 1. The van der Waals surface area contributed by atoms with Crippen LogP contribution in [0.4, 0.5) is 10.6 Å². The average Bonchev–Trinajstić information content (AvgIpc) is 3.26. The number of primary amides is 1. The number of ether oxygens (including phenoxy) is 2. The Kier molecular flexibility index (Phi) is 4.48. The van der Waals surface area contributed by atoms with Gasteiger partial charge in [0, 0.05) is 37.8 Å². The maximum Gasteiger partial charge on any atom is 0.317 e. The van der Waals surface area contributed by atoms with Crippen molar-refractivity contribution >= 4 is 22.8 Å². The standard InChI is InChI=1S/C19H22N6O3/c1-11-6-15(19(27-3)4-5-28-10-19)22-17(7-11)25-14-8-16(23-18(20)26)21-9-13(14)12(2)24-25/h6-9H,4-5,10H2,1-3H3,(H3,20,21,23,26)/t19-/m1/s1. The molecule has 4 rings (SSSR count). The molecule has 3 aromatic heterocycles. The first kappa shape index (κ1) is 18.3. The summed E-state index contributed by atoms with van der Waals surface area (Å²) in [6.07, 6.45) is 2.41. The topological polar surface area (TPSA) is 117 Å². The fourth-order valence-electron chi connectivity index (χ4n) is 3.53. The van der Waals surface area contributed by atoms with E-state index in [0.29, 0.717) is 24.8 Å². The zero-order valence-electron chi connectivity index (χ0n) is 16.0. The van der Waals surface area contributed by atoms with Gasteiger partial charge in [0.15, 0.2) is 5.82 Å². The third-order valence-corrected chi connectivity index (χ3v) is 5.02. The van der Waals surface area contributed by atoms with Gasteiger partial charge in [0.2, 0.25) is 0 Å². The van der Waals surface area contributed by atoms with E-state index in [-0.39, 0.29) is 0 Å². The highest BCUT2D eigenvalue weighted by Gasteiger charge is 2.38. The highest BCUT2D eigenvalue weighted by molar-refractivity contribution is 5.90. The van der Waals surface area contributed by atoms with Gasteiger partial charge in [-0.05, 0) is 31.5 Å². The molecular formula is C19H22N6O3. The third-order valence-electron chi connectivity index (χ3n) is 5.02. The number of methoxy groups -OCH3 is 1. The Hall–Kier alpha value is -3.04. The molecule has 9 heteroatoms. The maximum atomic E-state index is 11.2. The van der Waals surface area contributed by atoms with Crippen molar-refractivity contribution in [1.82, 2.24) is 19.7 Å². The largest absolute Gasteiger partial charge is 0.378 e. The van der Waals surface area contributed by atoms with Crippen LogP contribution < -0.4 is 11.1 Å². The van der Waals surface area contributed by atoms with Crippen molar-refractivity contribution in [2.75, 3.05) is 25.6 Å². The number of fused-ring (bicyclic) bond motifs is 1. The number of aryl methyl sites for hydroxylation is 2. The molecular weight excluding hydrogens is 360 g/mol. The zero-order valence-corrected chi connectivity index (χ0v) is 16.0. The summed E-state index contributed by atoms with van der Waals surface area (Å²) >= 11 is 0. The van der Waals surface area contributed by atoms with Gasteiger partial charge in [0.05, 0.1) is 23.5 Å². The van der Waals surface area contributed by atoms with E-state index in [1.54, 1.807) is 24.1 Å². The number of anilines is 1. The van der Waals surface area contributed by atoms with Crippen LogP contribution in [0.3, 0.4) is 0 Å². The molecule has 0 aliphatic carbocycles. The Labute approximate surface area is 161 Å². The van der Waals surface area contributed by atoms with Crippen LogP contribution in [0.1, 0.15) is 23.4 Å². The summed E-state index contributed by atoms with van der Waals surface area (Å²) in [5.41, 5.74) is 8.09. The van der Waals surface area contributed by atoms with Gasteiger partial charge in [-0.15, -0.1) is 0 Å². The Balaban J connectivity index is 1.87. The van der Waals surface area contributed by atoms with Crippen LogP contribution in [0.15, 0.2) is 24.4 Å². The summed E-state index contributed by atoms with van der Waals surface area (Å²) in [4.78, 5) is 20.2. The Morgan fingerprint density at radius 3 is 2.86 bits per heavy atom. The molecule has 3 N–H and O–H groups in total. The molecule has 4 heterocycles. The average molecular weight is 382 g/mol. The number of nitrogens with two attached hydrogens (primary N) is 1. The molecule has 0 saturated carbocycles. The van der Waals surface area contributed by atoms with E-state index in [9.17, 15) is 4.79 Å². The van der Waals surface area contributed by atoms with Crippen molar-refractivity contribution in [3.05, 3.63) is 41.3 Å². The Bertz CT molecular complexity index is 1060. The molecule has 1 atom stereocenters. The van der Waals surface area contributed by atoms with Crippen LogP contribution in [0, 0.1) is 13.8 Å². The monoisotopic (exact) mass is 382 g/mol. The number of hydrogen-bond donors (Lipinski definition) is 2. The van der Waals surface area contributed by atoms with Crippen molar-refractivity contribution in [2.45, 2.75) is 25.9 Å². The summed E-state index contributed by atoms with van der Waals surface area (Å²) in [5, 5.41) is 8.00. The molecule has 0 aromatic carbocycles. The Morgan fingerprint density at radius 1 is 1.36 bits per heavy atom. The van der Waals surface area contributed by atoms with Gasteiger partial charge in [-0.1, -0.05) is 0 Å². The van der Waals surface area contributed by atoms with Gasteiger partial charge < -0.3 is 15.2 Å². The summed E-state index contributed by atoms with van der Waals surface area (Å²) in [6.45, 7) is 5.01. The first-order valence-corrected chi connectivity index (χ1v) is 8.96. The molecule has 0 radical (unpaired) electrons. The summed E-state index contributed by atoms with van der Waals surface area (Å²) in [5.74, 6) is 1.01. The number of pyridine rings is 2. The molecule has 1 aliphatic heterocycles. The second-order valence-electron chi connectivity index (χ2n) is 6.96. The van der Waals surface area contributed by atoms with Gasteiger partial charge in [-0.25, -0.2) is 19.4 Å². The number of urea groups is 1. The van der Waals surface area contributed by atoms with Crippen molar-refractivity contribution in [3.8, 4) is 5.82 Å². The van der Waals surface area contributed by atoms with E-state index in [2.05, 4.69) is 15.4 Å². The molecule has 0 spiro atoms. The molecule has 1 saturated heterocycles. The number of nitrogens with one attached hydrogen (secondary N) is 1. The van der Waals surface area contributed by atoms with Gasteiger partial charge in [-0.3, -0.25) is 5.32 Å². The summed E-state index contributed by atoms with van der Waals surface area (Å²) < 4.78 is 13.1. The molecule has 1 fully saturated rings. The molecule has 0 bridgehead atoms. The molecule has 9 nitrogen and oxygen atoms in total. The first-order valence-electron chi connectivity index (χ1n) is 8.96. The number of amides is 2. The molecule has 3 aromatic rings. The van der Waals surface area contributed by atoms with Crippen molar-refractivity contribution in [2.24, 2.45) is 5.73 Å². The van der Waals surface area contributed by atoms with Crippen LogP contribution in [-0.4, -0.2) is 46.1 Å². The molecule has 0 unspecified atom stereocenters. The van der Waals surface area contributed by atoms with Crippen molar-refractivity contribution in [1.29, 1.82) is 0 Å². The lowest BCUT2D eigenvalue weighted by molar-refractivity contribution is -0.0246. The fraction of sp³-hybridized carbons (Fsp3) is 0.368. The number of rotatable bonds is 4. The SMILES string of the molecule is CO[C@]1(c2cc(C)cc(-n3nc(C)c4cnc(NC(N)=O)cc43)n2)CCOC1. The van der Waals surface area contributed by atoms with Crippen LogP contribution in [0.25, 0.3) is 16.7 Å². The van der Waals surface area contributed by atoms with Crippen molar-refractivity contribution in [3.63, 3.8) is 0 Å². The maximum absolute atomic E-state index is 11.2. The minimum absolute atomic E-state index is 0.353. The minimum atomic E-state index is -0.672. The smallest absolute Gasteiger partial charge is 0.317 e. The Morgan fingerprint density at radius 2 is 2.18 bits per heavy atom. The van der Waals surface area contributed by atoms with Crippen molar-refractivity contribution < 1.29 is 14.3 Å². The first-order chi connectivity index (χ1) is 13.4. The second-order valence-corrected chi connectivity index (χ2v) is 6.96. The molecule has 2 amide bonds. The third kappa shape index (κ3) is 3.08. The molecule has 28 heavy (non-hydrogen) atoms. The van der Waals surface area contributed by atoms with Gasteiger partial charge in [-0.2, -0.15) is 5.10 Å². The summed E-state index contributed by atoms with van der Waals surface area (Å²) in [7, 11) is 1.68. The molecule has 146 valence electrons. The lowest BCUT2D eigenvalue weighted by atomic mass is 9.97. The van der Waals surface area contributed by atoms with Crippen LogP contribution in [0.5, 0.6) is 0 Å². The number of hydrogen-bond acceptors (Lipinski definition) is 6. The lowest BCUT2D eigenvalue weighted by Crippen LogP contribution is -2.30. The predicted octanol–water partition coefficient (Wildman–Crippen LogP) is 2.18. The predicted molar refractivity (Wildman–Crippen MR) is 103 cm³/mol. The van der Waals surface area contributed by atoms with E-state index in [0.717, 1.165) is 34.3 Å². The lowest BCUT2D eigenvalue weighted by Gasteiger charge is -2.26. The van der Waals surface area contributed by atoms with E-state index in [1.165, 1.54) is 0 Å². The van der Waals surface area contributed by atoms with E-state index < -0.39 is 11.6 Å². The van der Waals surface area contributed by atoms with Gasteiger partial charge >= 0.3 is 6.03 Å². The zero-order chi connectivity index (χ0) is 19.9. The molecule has 1 aliphatic rings. The number of nitrogens with zero attached hydrogens (tertiary/aromatic N) is 4. The second kappa shape index (κ2) is 6.84. The van der Waals surface area contributed by atoms with E-state index in [1.807, 2.05) is 26.0 Å². The van der Waals surface area contributed by atoms with Crippen LogP contribution in [0.2, 0.25) is 0 Å². The summed E-state index contributed by atoms with van der Waals surface area (Å²) in [6, 6.07) is 5.03. The number of carbonyl (C=O) groups is 1. The van der Waals surface area contributed by atoms with Crippen LogP contribution >= 0.6 is 0 Å². The highest BCUT2D eigenvalue weighted by atomic mass is 16.5. The highest BCUT2D eigenvalue weighted by Crippen LogP contribution is 2.34. The number of aromatic nitrogens is 4. The van der Waals surface area contributed by atoms with E-state index in [4.69, 9.17) is 20.2 Å². The minimum Gasteiger partial charge on any atom is -0.378 e.